The fraction of sp³-hybridized carbons (Fsp3) is 0. The molecule has 6 aromatic heterocycles. The molecule has 0 saturated carbocycles. The average molecular weight is 1920 g/mol. The molecule has 0 saturated heterocycles. The summed E-state index contributed by atoms with van der Waals surface area (Å²) < 4.78 is 0. The molecule has 14 heteroatoms. The van der Waals surface area contributed by atoms with Gasteiger partial charge in [0.1, 0.15) is 0 Å². The van der Waals surface area contributed by atoms with E-state index in [1.165, 1.54) is 70.2 Å². The van der Waals surface area contributed by atoms with Crippen molar-refractivity contribution in [3.8, 4) is 203 Å². The molecule has 0 unspecified atom stereocenters. The monoisotopic (exact) mass is 1920 g/mol. The Kier molecular flexibility index (Phi) is 24.9. The SMILES string of the molecule is c1ccc(-c2nc(-c3ccccc3)nc(-c3cc(-c4ccc(-c5ccccn5)cc4)cc(-c4cc5ccccc5c5ccccc45)c3)n2)cc1.c1ccc(-c2nc(-c3ccccc3)nc(-c3cc(-c4ccc(-c5ncccn5)cc4)cc(-c4c5ccccc5cc5ccccc45)c3)n2)cc1.c1ccc(-c2nc(-c3ccccc3)nc(-c3cc(-c4ccc(-c5ncccn5)cc4)cc(-c4cc5ccccc5c5ccccc45)c3)n2)cc1. The maximum atomic E-state index is 5.11. The molecule has 0 bridgehead atoms. The number of rotatable bonds is 18. The van der Waals surface area contributed by atoms with E-state index in [4.69, 9.17) is 44.9 Å². The summed E-state index contributed by atoms with van der Waals surface area (Å²) in [6.45, 7) is 0. The van der Waals surface area contributed by atoms with Gasteiger partial charge in [-0.1, -0.05) is 406 Å². The molecule has 0 amide bonds. The van der Waals surface area contributed by atoms with E-state index >= 15 is 0 Å². The van der Waals surface area contributed by atoms with Crippen molar-refractivity contribution in [2.75, 3.05) is 0 Å². The molecule has 0 atom stereocenters. The zero-order chi connectivity index (χ0) is 99.8. The molecular formula is C136H88N14. The summed E-state index contributed by atoms with van der Waals surface area (Å²) in [7, 11) is 0. The molecule has 27 aromatic rings. The van der Waals surface area contributed by atoms with Gasteiger partial charge in [-0.05, 0) is 228 Å². The lowest BCUT2D eigenvalue weighted by Crippen LogP contribution is -2.00. The van der Waals surface area contributed by atoms with Crippen molar-refractivity contribution in [3.05, 3.63) is 534 Å². The van der Waals surface area contributed by atoms with Gasteiger partial charge in [-0.2, -0.15) is 0 Å². The van der Waals surface area contributed by atoms with Gasteiger partial charge in [-0.3, -0.25) is 4.98 Å². The molecule has 0 N–H and O–H groups in total. The second-order valence-electron chi connectivity index (χ2n) is 36.7. The van der Waals surface area contributed by atoms with Crippen LogP contribution in [-0.4, -0.2) is 69.8 Å². The fourth-order valence-electron chi connectivity index (χ4n) is 19.8. The smallest absolute Gasteiger partial charge is 0.164 e. The third-order valence-corrected chi connectivity index (χ3v) is 27.2. The van der Waals surface area contributed by atoms with E-state index in [0.717, 1.165) is 134 Å². The molecule has 0 aliphatic carbocycles. The van der Waals surface area contributed by atoms with Crippen molar-refractivity contribution >= 4 is 64.6 Å². The lowest BCUT2D eigenvalue weighted by atomic mass is 9.89. The molecule has 0 radical (unpaired) electrons. The zero-order valence-electron chi connectivity index (χ0n) is 81.1. The highest BCUT2D eigenvalue weighted by molar-refractivity contribution is 6.17. The number of fused-ring (bicyclic) bond motifs is 8. The van der Waals surface area contributed by atoms with E-state index in [2.05, 4.69) is 316 Å². The van der Waals surface area contributed by atoms with Crippen molar-refractivity contribution < 1.29 is 0 Å². The molecule has 0 aliphatic heterocycles. The van der Waals surface area contributed by atoms with Crippen molar-refractivity contribution in [2.45, 2.75) is 0 Å². The molecule has 27 rings (SSSR count). The number of pyridine rings is 1. The second kappa shape index (κ2) is 41.1. The van der Waals surface area contributed by atoms with Crippen molar-refractivity contribution in [3.63, 3.8) is 0 Å². The third kappa shape index (κ3) is 19.0. The van der Waals surface area contributed by atoms with Gasteiger partial charge in [0, 0.05) is 97.7 Å². The van der Waals surface area contributed by atoms with E-state index in [1.54, 1.807) is 24.8 Å². The second-order valence-corrected chi connectivity index (χ2v) is 36.7. The van der Waals surface area contributed by atoms with Crippen molar-refractivity contribution in [2.24, 2.45) is 0 Å². The van der Waals surface area contributed by atoms with Crippen molar-refractivity contribution in [1.29, 1.82) is 0 Å². The van der Waals surface area contributed by atoms with Crippen LogP contribution in [0.15, 0.2) is 534 Å². The molecule has 14 nitrogen and oxygen atoms in total. The maximum Gasteiger partial charge on any atom is 0.164 e. The largest absolute Gasteiger partial charge is 0.256 e. The minimum Gasteiger partial charge on any atom is -0.256 e. The van der Waals surface area contributed by atoms with Crippen LogP contribution in [0, 0.1) is 0 Å². The lowest BCUT2D eigenvalue weighted by Gasteiger charge is -2.16. The molecule has 0 fully saturated rings. The van der Waals surface area contributed by atoms with Crippen LogP contribution in [0.4, 0.5) is 0 Å². The fourth-order valence-corrected chi connectivity index (χ4v) is 19.8. The Morgan fingerprint density at radius 2 is 0.327 bits per heavy atom. The van der Waals surface area contributed by atoms with Gasteiger partial charge in [0.05, 0.1) is 5.69 Å². The Bertz CT molecular complexity index is 9010. The van der Waals surface area contributed by atoms with Gasteiger partial charge in [0.2, 0.25) is 0 Å². The zero-order valence-corrected chi connectivity index (χ0v) is 81.1. The predicted molar refractivity (Wildman–Crippen MR) is 611 cm³/mol. The van der Waals surface area contributed by atoms with Gasteiger partial charge in [0.25, 0.3) is 0 Å². The molecule has 0 spiro atoms. The lowest BCUT2D eigenvalue weighted by molar-refractivity contribution is 1.07. The number of aromatic nitrogens is 14. The quantitative estimate of drug-likeness (QED) is 0.0584. The molecule has 21 aromatic carbocycles. The Labute approximate surface area is 866 Å². The Balaban J connectivity index is 0.000000116. The first kappa shape index (κ1) is 90.8. The molecule has 702 valence electrons. The predicted octanol–water partition coefficient (Wildman–Crippen LogP) is 33.5. The minimum absolute atomic E-state index is 0.611. The Morgan fingerprint density at radius 1 is 0.107 bits per heavy atom. The highest BCUT2D eigenvalue weighted by Gasteiger charge is 2.24. The van der Waals surface area contributed by atoms with Crippen LogP contribution < -0.4 is 0 Å². The number of hydrogen-bond acceptors (Lipinski definition) is 14. The van der Waals surface area contributed by atoms with Gasteiger partial charge >= 0.3 is 0 Å². The van der Waals surface area contributed by atoms with E-state index in [-0.39, 0.29) is 0 Å². The highest BCUT2D eigenvalue weighted by atomic mass is 15.1. The summed E-state index contributed by atoms with van der Waals surface area (Å²) in [5.41, 5.74) is 25.4. The van der Waals surface area contributed by atoms with E-state index in [1.807, 2.05) is 219 Å². The number of nitrogens with zero attached hydrogens (tertiary/aromatic N) is 14. The topological polar surface area (TPSA) is 180 Å². The van der Waals surface area contributed by atoms with Crippen molar-refractivity contribution in [1.82, 2.24) is 69.8 Å². The summed E-state index contributed by atoms with van der Waals surface area (Å²) in [5, 5.41) is 14.5. The Hall–Kier alpha value is -20.5. The summed E-state index contributed by atoms with van der Waals surface area (Å²) >= 11 is 0. The van der Waals surface area contributed by atoms with Crippen LogP contribution >= 0.6 is 0 Å². The summed E-state index contributed by atoms with van der Waals surface area (Å²) in [5.74, 6) is 7.03. The standard InChI is InChI=1S/C46H30N4.2C45H29N5/c1-3-13-33(14-4-1)44-48-45(34-15-5-2-6-16-34)50-46(49-44)38-28-36(31-22-24-32(25-23-31)43-21-11-12-26-47-43)27-37(29-38)42-30-35-17-7-8-18-39(35)40-19-9-10-20-41(40)42;1-3-12-31(13-4-1)43-48-44(32-14-5-2-6-15-32)50-45(49-43)38-28-36(30-20-22-33(23-21-30)42-46-24-11-25-47-42)27-37(29-38)41-39-18-9-7-16-34(39)26-35-17-8-10-19-40(35)41;1-3-12-31(13-4-1)43-48-44(32-14-5-2-6-15-32)50-45(49-43)37-27-35(30-20-22-33(23-21-30)42-46-24-11-25-47-42)26-36(28-37)41-29-34-16-7-8-17-38(34)39-18-9-10-19-40(39)41/h1-30H;2*1-29H. The van der Waals surface area contributed by atoms with E-state index in [9.17, 15) is 0 Å². The molecular weight excluding hydrogens is 1830 g/mol. The van der Waals surface area contributed by atoms with Crippen LogP contribution in [0.1, 0.15) is 0 Å². The van der Waals surface area contributed by atoms with Gasteiger partial charge in [-0.25, -0.2) is 64.8 Å². The van der Waals surface area contributed by atoms with Gasteiger partial charge in [0.15, 0.2) is 64.1 Å². The van der Waals surface area contributed by atoms with Gasteiger partial charge < -0.3 is 0 Å². The number of benzene rings is 21. The average Bonchev–Trinajstić information content (AvgIpc) is 0.755. The first-order valence-corrected chi connectivity index (χ1v) is 49.9. The minimum atomic E-state index is 0.611. The molecule has 6 heterocycles. The van der Waals surface area contributed by atoms with Crippen LogP contribution in [0.3, 0.4) is 0 Å². The van der Waals surface area contributed by atoms with Crippen LogP contribution in [0.5, 0.6) is 0 Å². The summed E-state index contributed by atoms with van der Waals surface area (Å²) in [4.78, 5) is 67.8. The maximum absolute atomic E-state index is 5.11. The molecule has 0 aliphatic rings. The first-order valence-electron chi connectivity index (χ1n) is 49.9. The van der Waals surface area contributed by atoms with Crippen LogP contribution in [-0.2, 0) is 0 Å². The highest BCUT2D eigenvalue weighted by Crippen LogP contribution is 2.46. The summed E-state index contributed by atoms with van der Waals surface area (Å²) in [6.07, 6.45) is 8.89. The van der Waals surface area contributed by atoms with Crippen LogP contribution in [0.25, 0.3) is 268 Å². The van der Waals surface area contributed by atoms with E-state index in [0.29, 0.717) is 64.1 Å². The number of hydrogen-bond donors (Lipinski definition) is 0. The first-order chi connectivity index (χ1) is 74.3. The van der Waals surface area contributed by atoms with Crippen LogP contribution in [0.2, 0.25) is 0 Å². The summed E-state index contributed by atoms with van der Waals surface area (Å²) in [6, 6.07) is 174. The molecule has 150 heavy (non-hydrogen) atoms. The van der Waals surface area contributed by atoms with Gasteiger partial charge in [-0.15, -0.1) is 0 Å². The van der Waals surface area contributed by atoms with E-state index < -0.39 is 0 Å². The third-order valence-electron chi connectivity index (χ3n) is 27.2. The Morgan fingerprint density at radius 3 is 0.640 bits per heavy atom. The normalized spacial score (nSPS) is 11.2.